The van der Waals surface area contributed by atoms with E-state index in [4.69, 9.17) is 21.1 Å². The molecular formula is C18H17ClN4O2. The first-order valence-electron chi connectivity index (χ1n) is 7.52. The second-order valence-corrected chi connectivity index (χ2v) is 5.53. The van der Waals surface area contributed by atoms with Crippen molar-refractivity contribution >= 4 is 34.7 Å². The zero-order valence-corrected chi connectivity index (χ0v) is 14.5. The number of nitrogens with zero attached hydrogens (tertiary/aromatic N) is 2. The fourth-order valence-electron chi connectivity index (χ4n) is 2.21. The van der Waals surface area contributed by atoms with E-state index in [1.807, 2.05) is 30.3 Å². The molecule has 0 aliphatic heterocycles. The van der Waals surface area contributed by atoms with Gasteiger partial charge in [0.1, 0.15) is 5.82 Å². The molecule has 3 aromatic rings. The van der Waals surface area contributed by atoms with Crippen molar-refractivity contribution < 1.29 is 9.47 Å². The lowest BCUT2D eigenvalue weighted by Crippen LogP contribution is -2.00. The molecule has 0 atom stereocenters. The predicted octanol–water partition coefficient (Wildman–Crippen LogP) is 4.63. The van der Waals surface area contributed by atoms with E-state index in [-0.39, 0.29) is 0 Å². The standard InChI is InChI=1S/C18H17ClN4O2/c1-24-15-8-7-14(11-16(15)25-2)21-17-9-10-20-18(23-17)22-13-5-3-12(19)4-6-13/h3-11H,1-2H3,(H2,20,21,22,23). The summed E-state index contributed by atoms with van der Waals surface area (Å²) in [6, 6.07) is 14.7. The van der Waals surface area contributed by atoms with Gasteiger partial charge in [-0.25, -0.2) is 4.98 Å². The Morgan fingerprint density at radius 3 is 2.28 bits per heavy atom. The largest absolute Gasteiger partial charge is 0.493 e. The molecule has 2 aromatic carbocycles. The van der Waals surface area contributed by atoms with E-state index in [1.54, 1.807) is 38.6 Å². The summed E-state index contributed by atoms with van der Waals surface area (Å²) in [7, 11) is 3.20. The van der Waals surface area contributed by atoms with Gasteiger partial charge in [0.15, 0.2) is 11.5 Å². The number of hydrogen-bond acceptors (Lipinski definition) is 6. The van der Waals surface area contributed by atoms with Crippen LogP contribution in [-0.2, 0) is 0 Å². The van der Waals surface area contributed by atoms with Crippen LogP contribution >= 0.6 is 11.6 Å². The van der Waals surface area contributed by atoms with Crippen molar-refractivity contribution in [1.29, 1.82) is 0 Å². The van der Waals surface area contributed by atoms with Crippen molar-refractivity contribution in [2.24, 2.45) is 0 Å². The second-order valence-electron chi connectivity index (χ2n) is 5.09. The molecular weight excluding hydrogens is 340 g/mol. The average Bonchev–Trinajstić information content (AvgIpc) is 2.64. The van der Waals surface area contributed by atoms with Crippen molar-refractivity contribution in [2.75, 3.05) is 24.9 Å². The van der Waals surface area contributed by atoms with E-state index in [0.29, 0.717) is 28.3 Å². The molecule has 0 saturated heterocycles. The smallest absolute Gasteiger partial charge is 0.229 e. The number of hydrogen-bond donors (Lipinski definition) is 2. The Morgan fingerprint density at radius 1 is 0.840 bits per heavy atom. The molecule has 7 heteroatoms. The fraction of sp³-hybridized carbons (Fsp3) is 0.111. The van der Waals surface area contributed by atoms with E-state index in [9.17, 15) is 0 Å². The molecule has 1 heterocycles. The Labute approximate surface area is 150 Å². The fourth-order valence-corrected chi connectivity index (χ4v) is 2.34. The van der Waals surface area contributed by atoms with Gasteiger partial charge < -0.3 is 20.1 Å². The lowest BCUT2D eigenvalue weighted by Gasteiger charge is -2.11. The Kier molecular flexibility index (Phi) is 5.20. The van der Waals surface area contributed by atoms with Crippen molar-refractivity contribution in [3.63, 3.8) is 0 Å². The van der Waals surface area contributed by atoms with Gasteiger partial charge in [-0.15, -0.1) is 0 Å². The number of methoxy groups -OCH3 is 2. The first-order chi connectivity index (χ1) is 12.2. The predicted molar refractivity (Wildman–Crippen MR) is 99.6 cm³/mol. The topological polar surface area (TPSA) is 68.3 Å². The minimum atomic E-state index is 0.479. The lowest BCUT2D eigenvalue weighted by atomic mass is 10.2. The molecule has 3 rings (SSSR count). The molecule has 0 spiro atoms. The maximum absolute atomic E-state index is 5.89. The molecule has 6 nitrogen and oxygen atoms in total. The highest BCUT2D eigenvalue weighted by Crippen LogP contribution is 2.31. The zero-order chi connectivity index (χ0) is 17.6. The van der Waals surface area contributed by atoms with Crippen LogP contribution in [0.3, 0.4) is 0 Å². The van der Waals surface area contributed by atoms with Gasteiger partial charge in [-0.05, 0) is 42.5 Å². The average molecular weight is 357 g/mol. The SMILES string of the molecule is COc1ccc(Nc2ccnc(Nc3ccc(Cl)cc3)n2)cc1OC. The molecule has 0 aliphatic rings. The van der Waals surface area contributed by atoms with Crippen LogP contribution in [0.15, 0.2) is 54.7 Å². The van der Waals surface area contributed by atoms with E-state index in [1.165, 1.54) is 0 Å². The van der Waals surface area contributed by atoms with Crippen molar-refractivity contribution in [3.05, 3.63) is 59.8 Å². The minimum Gasteiger partial charge on any atom is -0.493 e. The first-order valence-corrected chi connectivity index (χ1v) is 7.90. The third-order valence-corrected chi connectivity index (χ3v) is 3.66. The minimum absolute atomic E-state index is 0.479. The van der Waals surface area contributed by atoms with Crippen LogP contribution in [0.1, 0.15) is 0 Å². The van der Waals surface area contributed by atoms with Gasteiger partial charge in [0.05, 0.1) is 14.2 Å². The highest BCUT2D eigenvalue weighted by atomic mass is 35.5. The van der Waals surface area contributed by atoms with Gasteiger partial charge in [0.25, 0.3) is 0 Å². The van der Waals surface area contributed by atoms with Crippen LogP contribution in [0.4, 0.5) is 23.1 Å². The van der Waals surface area contributed by atoms with E-state index in [2.05, 4.69) is 20.6 Å². The third kappa shape index (κ3) is 4.30. The molecule has 0 unspecified atom stereocenters. The third-order valence-electron chi connectivity index (χ3n) is 3.41. The lowest BCUT2D eigenvalue weighted by molar-refractivity contribution is 0.355. The van der Waals surface area contributed by atoms with E-state index < -0.39 is 0 Å². The Hall–Kier alpha value is -2.99. The highest BCUT2D eigenvalue weighted by Gasteiger charge is 2.06. The number of nitrogens with one attached hydrogen (secondary N) is 2. The molecule has 0 bridgehead atoms. The summed E-state index contributed by atoms with van der Waals surface area (Å²) in [6.07, 6.45) is 1.67. The van der Waals surface area contributed by atoms with Crippen LogP contribution in [0.5, 0.6) is 11.5 Å². The molecule has 2 N–H and O–H groups in total. The molecule has 25 heavy (non-hydrogen) atoms. The van der Waals surface area contributed by atoms with Gasteiger partial charge in [-0.3, -0.25) is 0 Å². The van der Waals surface area contributed by atoms with Crippen molar-refractivity contribution in [2.45, 2.75) is 0 Å². The normalized spacial score (nSPS) is 10.2. The number of halogens is 1. The second kappa shape index (κ2) is 7.72. The highest BCUT2D eigenvalue weighted by molar-refractivity contribution is 6.30. The van der Waals surface area contributed by atoms with Gasteiger partial charge in [-0.1, -0.05) is 11.6 Å². The number of rotatable bonds is 6. The summed E-state index contributed by atoms with van der Waals surface area (Å²) >= 11 is 5.89. The summed E-state index contributed by atoms with van der Waals surface area (Å²) in [5, 5.41) is 7.03. The maximum Gasteiger partial charge on any atom is 0.229 e. The molecule has 0 fully saturated rings. The van der Waals surface area contributed by atoms with Crippen LogP contribution in [0.2, 0.25) is 5.02 Å². The van der Waals surface area contributed by atoms with Crippen molar-refractivity contribution in [1.82, 2.24) is 9.97 Å². The van der Waals surface area contributed by atoms with Crippen LogP contribution in [0, 0.1) is 0 Å². The summed E-state index contributed by atoms with van der Waals surface area (Å²) in [5.74, 6) is 2.44. The summed E-state index contributed by atoms with van der Waals surface area (Å²) in [6.45, 7) is 0. The first kappa shape index (κ1) is 16.9. The molecule has 0 aliphatic carbocycles. The number of aromatic nitrogens is 2. The Balaban J connectivity index is 1.76. The number of benzene rings is 2. The monoisotopic (exact) mass is 356 g/mol. The molecule has 0 amide bonds. The van der Waals surface area contributed by atoms with Crippen molar-refractivity contribution in [3.8, 4) is 11.5 Å². The Morgan fingerprint density at radius 2 is 1.56 bits per heavy atom. The molecule has 0 saturated carbocycles. The van der Waals surface area contributed by atoms with Crippen LogP contribution in [0.25, 0.3) is 0 Å². The van der Waals surface area contributed by atoms with Gasteiger partial charge in [-0.2, -0.15) is 4.98 Å². The summed E-state index contributed by atoms with van der Waals surface area (Å²) < 4.78 is 10.5. The quantitative estimate of drug-likeness (QED) is 0.671. The molecule has 0 radical (unpaired) electrons. The number of anilines is 4. The van der Waals surface area contributed by atoms with E-state index >= 15 is 0 Å². The molecule has 128 valence electrons. The zero-order valence-electron chi connectivity index (χ0n) is 13.8. The van der Waals surface area contributed by atoms with E-state index in [0.717, 1.165) is 11.4 Å². The van der Waals surface area contributed by atoms with Gasteiger partial charge in [0, 0.05) is 28.7 Å². The van der Waals surface area contributed by atoms with Gasteiger partial charge >= 0.3 is 0 Å². The molecule has 1 aromatic heterocycles. The number of ether oxygens (including phenoxy) is 2. The Bertz CT molecular complexity index is 856. The van der Waals surface area contributed by atoms with Crippen LogP contribution < -0.4 is 20.1 Å². The maximum atomic E-state index is 5.89. The van der Waals surface area contributed by atoms with Gasteiger partial charge in [0.2, 0.25) is 5.95 Å². The summed E-state index contributed by atoms with van der Waals surface area (Å²) in [5.41, 5.74) is 1.68. The summed E-state index contributed by atoms with van der Waals surface area (Å²) in [4.78, 5) is 8.67. The van der Waals surface area contributed by atoms with Crippen LogP contribution in [-0.4, -0.2) is 24.2 Å².